The lowest BCUT2D eigenvalue weighted by molar-refractivity contribution is 0.515. The van der Waals surface area contributed by atoms with Crippen molar-refractivity contribution in [2.75, 3.05) is 0 Å². The summed E-state index contributed by atoms with van der Waals surface area (Å²) in [5.41, 5.74) is 3.19. The maximum absolute atomic E-state index is 2.33. The van der Waals surface area contributed by atoms with E-state index in [1.165, 1.54) is 11.1 Å². The van der Waals surface area contributed by atoms with E-state index in [1.807, 2.05) is 0 Å². The largest absolute Gasteiger partial charge is 0.0775 e. The molecule has 13 heavy (non-hydrogen) atoms. The Labute approximate surface area is 82.0 Å². The Hall–Kier alpha value is -0.780. The highest BCUT2D eigenvalue weighted by Crippen LogP contribution is 2.28. The summed E-state index contributed by atoms with van der Waals surface area (Å²) in [7, 11) is 0. The maximum Gasteiger partial charge on any atom is -0.0135 e. The van der Waals surface area contributed by atoms with Gasteiger partial charge < -0.3 is 0 Å². The van der Waals surface area contributed by atoms with Gasteiger partial charge in [0.05, 0.1) is 0 Å². The van der Waals surface area contributed by atoms with Crippen LogP contribution in [0.3, 0.4) is 0 Å². The SMILES string of the molecule is CCC1=CCC=C(C(C)(C)C)C=C1. The van der Waals surface area contributed by atoms with Gasteiger partial charge in [-0.05, 0) is 23.8 Å². The molecule has 0 bridgehead atoms. The van der Waals surface area contributed by atoms with Gasteiger partial charge in [0.2, 0.25) is 0 Å². The minimum Gasteiger partial charge on any atom is -0.0775 e. The topological polar surface area (TPSA) is 0 Å². The molecular formula is C13H20. The summed E-state index contributed by atoms with van der Waals surface area (Å²) in [6.07, 6.45) is 11.4. The number of rotatable bonds is 1. The molecule has 0 aromatic carbocycles. The third kappa shape index (κ3) is 2.87. The second kappa shape index (κ2) is 3.95. The highest BCUT2D eigenvalue weighted by molar-refractivity contribution is 5.34. The van der Waals surface area contributed by atoms with Crippen molar-refractivity contribution < 1.29 is 0 Å². The van der Waals surface area contributed by atoms with Gasteiger partial charge in [0, 0.05) is 0 Å². The number of hydrogen-bond acceptors (Lipinski definition) is 0. The quantitative estimate of drug-likeness (QED) is 0.560. The predicted molar refractivity (Wildman–Crippen MR) is 59.7 cm³/mol. The Kier molecular flexibility index (Phi) is 3.13. The summed E-state index contributed by atoms with van der Waals surface area (Å²) in [6.45, 7) is 9.00. The zero-order chi connectivity index (χ0) is 9.90. The van der Waals surface area contributed by atoms with Gasteiger partial charge >= 0.3 is 0 Å². The molecule has 1 rings (SSSR count). The summed E-state index contributed by atoms with van der Waals surface area (Å²) >= 11 is 0. The molecule has 0 amide bonds. The second-order valence-electron chi connectivity index (χ2n) is 4.61. The minimum absolute atomic E-state index is 0.285. The predicted octanol–water partition coefficient (Wildman–Crippen LogP) is 4.26. The normalized spacial score (nSPS) is 17.8. The van der Waals surface area contributed by atoms with Crippen LogP contribution in [0, 0.1) is 5.41 Å². The first-order chi connectivity index (χ1) is 6.04. The third-order valence-electron chi connectivity index (χ3n) is 2.47. The summed E-state index contributed by atoms with van der Waals surface area (Å²) in [6, 6.07) is 0. The minimum atomic E-state index is 0.285. The fourth-order valence-electron chi connectivity index (χ4n) is 1.49. The molecule has 72 valence electrons. The van der Waals surface area contributed by atoms with Crippen LogP contribution in [0.15, 0.2) is 35.5 Å². The summed E-state index contributed by atoms with van der Waals surface area (Å²) < 4.78 is 0. The zero-order valence-electron chi connectivity index (χ0n) is 9.22. The molecule has 0 saturated heterocycles. The Balaban J connectivity index is 2.81. The lowest BCUT2D eigenvalue weighted by Gasteiger charge is -2.19. The molecule has 1 aliphatic carbocycles. The number of allylic oxidation sites excluding steroid dienone is 6. The fourth-order valence-corrected chi connectivity index (χ4v) is 1.49. The maximum atomic E-state index is 2.33. The monoisotopic (exact) mass is 176 g/mol. The van der Waals surface area contributed by atoms with Crippen LogP contribution in [-0.4, -0.2) is 0 Å². The highest BCUT2D eigenvalue weighted by atomic mass is 14.2. The van der Waals surface area contributed by atoms with E-state index in [1.54, 1.807) is 0 Å². The van der Waals surface area contributed by atoms with E-state index in [2.05, 4.69) is 52.0 Å². The van der Waals surface area contributed by atoms with Crippen LogP contribution < -0.4 is 0 Å². The van der Waals surface area contributed by atoms with E-state index in [-0.39, 0.29) is 5.41 Å². The van der Waals surface area contributed by atoms with E-state index in [0.29, 0.717) is 0 Å². The van der Waals surface area contributed by atoms with E-state index < -0.39 is 0 Å². The molecule has 0 heterocycles. The molecule has 0 fully saturated rings. The molecule has 0 saturated carbocycles. The van der Waals surface area contributed by atoms with Crippen LogP contribution >= 0.6 is 0 Å². The van der Waals surface area contributed by atoms with Gasteiger partial charge in [0.15, 0.2) is 0 Å². The van der Waals surface area contributed by atoms with Crippen molar-refractivity contribution in [3.63, 3.8) is 0 Å². The van der Waals surface area contributed by atoms with Crippen molar-refractivity contribution in [1.29, 1.82) is 0 Å². The molecule has 1 aliphatic rings. The molecule has 0 spiro atoms. The van der Waals surface area contributed by atoms with Gasteiger partial charge in [0.1, 0.15) is 0 Å². The van der Waals surface area contributed by atoms with Gasteiger partial charge in [-0.25, -0.2) is 0 Å². The summed E-state index contributed by atoms with van der Waals surface area (Å²) in [4.78, 5) is 0. The molecule has 0 radical (unpaired) electrons. The smallest absolute Gasteiger partial charge is 0.0135 e. The molecule has 0 N–H and O–H groups in total. The van der Waals surface area contributed by atoms with Crippen molar-refractivity contribution >= 4 is 0 Å². The molecule has 0 heteroatoms. The van der Waals surface area contributed by atoms with E-state index >= 15 is 0 Å². The standard InChI is InChI=1S/C13H20/c1-5-11-7-6-8-12(10-9-11)13(2,3)4/h7-10H,5-6H2,1-4H3. The second-order valence-corrected chi connectivity index (χ2v) is 4.61. The van der Waals surface area contributed by atoms with Crippen molar-refractivity contribution in [1.82, 2.24) is 0 Å². The average molecular weight is 176 g/mol. The first kappa shape index (κ1) is 10.3. The first-order valence-electron chi connectivity index (χ1n) is 5.12. The highest BCUT2D eigenvalue weighted by Gasteiger charge is 2.14. The van der Waals surface area contributed by atoms with Gasteiger partial charge in [-0.1, -0.05) is 57.6 Å². The van der Waals surface area contributed by atoms with Crippen molar-refractivity contribution in [3.8, 4) is 0 Å². The van der Waals surface area contributed by atoms with Crippen LogP contribution in [0.25, 0.3) is 0 Å². The van der Waals surface area contributed by atoms with Crippen LogP contribution in [0.2, 0.25) is 0 Å². The van der Waals surface area contributed by atoms with Crippen molar-refractivity contribution in [2.45, 2.75) is 40.5 Å². The van der Waals surface area contributed by atoms with Crippen LogP contribution in [0.1, 0.15) is 40.5 Å². The Morgan fingerprint density at radius 1 is 1.15 bits per heavy atom. The number of hydrogen-bond donors (Lipinski definition) is 0. The molecule has 0 aromatic rings. The molecular weight excluding hydrogens is 156 g/mol. The van der Waals surface area contributed by atoms with Crippen molar-refractivity contribution in [2.24, 2.45) is 5.41 Å². The summed E-state index contributed by atoms with van der Waals surface area (Å²) in [5.74, 6) is 0. The van der Waals surface area contributed by atoms with Crippen LogP contribution in [-0.2, 0) is 0 Å². The van der Waals surface area contributed by atoms with Gasteiger partial charge in [0.25, 0.3) is 0 Å². The Morgan fingerprint density at radius 3 is 2.38 bits per heavy atom. The molecule has 0 unspecified atom stereocenters. The van der Waals surface area contributed by atoms with Gasteiger partial charge in [-0.15, -0.1) is 0 Å². The van der Waals surface area contributed by atoms with Crippen LogP contribution in [0.4, 0.5) is 0 Å². The summed E-state index contributed by atoms with van der Waals surface area (Å²) in [5, 5.41) is 0. The molecule has 0 aromatic heterocycles. The third-order valence-corrected chi connectivity index (χ3v) is 2.47. The van der Waals surface area contributed by atoms with E-state index in [4.69, 9.17) is 0 Å². The van der Waals surface area contributed by atoms with E-state index in [9.17, 15) is 0 Å². The average Bonchev–Trinajstić information content (AvgIpc) is 2.26. The first-order valence-corrected chi connectivity index (χ1v) is 5.12. The van der Waals surface area contributed by atoms with Gasteiger partial charge in [-0.3, -0.25) is 0 Å². The molecule has 0 nitrogen and oxygen atoms in total. The molecule has 0 aliphatic heterocycles. The van der Waals surface area contributed by atoms with Crippen LogP contribution in [0.5, 0.6) is 0 Å². The lowest BCUT2D eigenvalue weighted by atomic mass is 9.86. The Bertz CT molecular complexity index is 256. The molecule has 0 atom stereocenters. The Morgan fingerprint density at radius 2 is 1.85 bits per heavy atom. The lowest BCUT2D eigenvalue weighted by Crippen LogP contribution is -2.06. The fraction of sp³-hybridized carbons (Fsp3) is 0.538. The van der Waals surface area contributed by atoms with E-state index in [0.717, 1.165) is 12.8 Å². The van der Waals surface area contributed by atoms with Crippen molar-refractivity contribution in [3.05, 3.63) is 35.5 Å². The van der Waals surface area contributed by atoms with Gasteiger partial charge in [-0.2, -0.15) is 0 Å². The zero-order valence-corrected chi connectivity index (χ0v) is 9.22.